The van der Waals surface area contributed by atoms with Gasteiger partial charge in [0.2, 0.25) is 0 Å². The van der Waals surface area contributed by atoms with Crippen LogP contribution >= 0.6 is 0 Å². The first kappa shape index (κ1) is 17.6. The Labute approximate surface area is 130 Å². The highest BCUT2D eigenvalue weighted by molar-refractivity contribution is 5.94. The van der Waals surface area contributed by atoms with Crippen molar-refractivity contribution in [2.24, 2.45) is 0 Å². The molecule has 3 rings (SSSR count). The van der Waals surface area contributed by atoms with E-state index in [-0.39, 0.29) is 23.7 Å². The summed E-state index contributed by atoms with van der Waals surface area (Å²) in [5.74, 6) is -0.0171. The van der Waals surface area contributed by atoms with Crippen LogP contribution in [0.25, 0.3) is 0 Å². The highest BCUT2D eigenvalue weighted by atomic mass is 16.1. The van der Waals surface area contributed by atoms with Gasteiger partial charge in [0.1, 0.15) is 6.17 Å². The van der Waals surface area contributed by atoms with Gasteiger partial charge in [0.05, 0.1) is 0 Å². The first-order chi connectivity index (χ1) is 9.84. The van der Waals surface area contributed by atoms with Crippen molar-refractivity contribution in [3.63, 3.8) is 0 Å². The minimum absolute atomic E-state index is 0. The Balaban J connectivity index is 0.00000121. The van der Waals surface area contributed by atoms with Crippen LogP contribution in [-0.2, 0) is 0 Å². The molecular formula is C16H22N4O2. The molecule has 0 saturated carbocycles. The molecule has 1 aromatic heterocycles. The van der Waals surface area contributed by atoms with E-state index < -0.39 is 0 Å². The van der Waals surface area contributed by atoms with Crippen LogP contribution in [-0.4, -0.2) is 29.1 Å². The lowest BCUT2D eigenvalue weighted by Gasteiger charge is -2.27. The smallest absolute Gasteiger partial charge is 0.252 e. The number of amides is 1. The number of nitrogens with one attached hydrogen (secondary N) is 1. The fourth-order valence-electron chi connectivity index (χ4n) is 2.59. The van der Waals surface area contributed by atoms with Crippen LogP contribution in [0.4, 0.5) is 5.69 Å². The minimum Gasteiger partial charge on any atom is -0.412 e. The van der Waals surface area contributed by atoms with Crippen molar-refractivity contribution in [2.45, 2.75) is 19.0 Å². The second-order valence-corrected chi connectivity index (χ2v) is 4.90. The number of aromatic nitrogens is 1. The van der Waals surface area contributed by atoms with E-state index in [1.807, 2.05) is 42.5 Å². The van der Waals surface area contributed by atoms with E-state index in [9.17, 15) is 4.79 Å². The number of pyridine rings is 1. The van der Waals surface area contributed by atoms with Crippen LogP contribution in [0.3, 0.4) is 0 Å². The number of hydrogen-bond donors (Lipinski definition) is 2. The summed E-state index contributed by atoms with van der Waals surface area (Å²) >= 11 is 0. The number of benzene rings is 1. The van der Waals surface area contributed by atoms with Gasteiger partial charge in [0.15, 0.2) is 0 Å². The number of hydrogen-bond acceptors (Lipinski definition) is 4. The van der Waals surface area contributed by atoms with Gasteiger partial charge in [-0.25, -0.2) is 0 Å². The molecule has 118 valence electrons. The maximum Gasteiger partial charge on any atom is 0.252 e. The van der Waals surface area contributed by atoms with Gasteiger partial charge in [-0.3, -0.25) is 9.78 Å². The Hall–Kier alpha value is -2.44. The maximum absolute atomic E-state index is 12.2. The number of rotatable bonds is 3. The lowest BCUT2D eigenvalue weighted by atomic mass is 10.2. The average molecular weight is 302 g/mol. The van der Waals surface area contributed by atoms with Crippen molar-refractivity contribution in [3.05, 3.63) is 60.4 Å². The van der Waals surface area contributed by atoms with Gasteiger partial charge in [-0.2, -0.15) is 0 Å². The molecular weight excluding hydrogens is 280 g/mol. The van der Waals surface area contributed by atoms with Gasteiger partial charge in [-0.15, -0.1) is 0 Å². The second kappa shape index (κ2) is 8.11. The third-order valence-corrected chi connectivity index (χ3v) is 3.58. The molecule has 1 unspecified atom stereocenters. The summed E-state index contributed by atoms with van der Waals surface area (Å²) in [6, 6.07) is 13.3. The fraction of sp³-hybridized carbons (Fsp3) is 0.250. The standard InChI is InChI=1S/C16H17N3O.H3N.H2O/c20-16(13-5-2-1-3-6-13)18-15-7-4-12-19(15)14-8-10-17-11-9-14;;/h1-3,5-6,8-11,15H,4,7,12H2,(H,18,20);1H3;1H2. The number of carbonyl (C=O) groups is 1. The fourth-order valence-corrected chi connectivity index (χ4v) is 2.59. The molecule has 1 aliphatic rings. The van der Waals surface area contributed by atoms with Gasteiger partial charge in [-0.1, -0.05) is 18.2 Å². The quantitative estimate of drug-likeness (QED) is 0.899. The molecule has 1 atom stereocenters. The van der Waals surface area contributed by atoms with Crippen molar-refractivity contribution in [1.82, 2.24) is 16.5 Å². The lowest BCUT2D eigenvalue weighted by molar-refractivity contribution is 0.0938. The Kier molecular flexibility index (Phi) is 6.49. The molecule has 1 aliphatic heterocycles. The summed E-state index contributed by atoms with van der Waals surface area (Å²) in [7, 11) is 0. The summed E-state index contributed by atoms with van der Waals surface area (Å²) in [6.45, 7) is 0.962. The van der Waals surface area contributed by atoms with Crippen LogP contribution in [0, 0.1) is 0 Å². The predicted octanol–water partition coefficient (Wildman–Crippen LogP) is 1.78. The minimum atomic E-state index is -0.0171. The number of nitrogens with zero attached hydrogens (tertiary/aromatic N) is 2. The van der Waals surface area contributed by atoms with Crippen LogP contribution in [0.1, 0.15) is 23.2 Å². The van der Waals surface area contributed by atoms with E-state index >= 15 is 0 Å². The first-order valence-corrected chi connectivity index (χ1v) is 6.87. The maximum atomic E-state index is 12.2. The molecule has 0 radical (unpaired) electrons. The Morgan fingerprint density at radius 1 is 1.14 bits per heavy atom. The van der Waals surface area contributed by atoms with Crippen LogP contribution in [0.5, 0.6) is 0 Å². The van der Waals surface area contributed by atoms with Crippen LogP contribution in [0.2, 0.25) is 0 Å². The van der Waals surface area contributed by atoms with Crippen molar-refractivity contribution in [2.75, 3.05) is 11.4 Å². The molecule has 0 aliphatic carbocycles. The zero-order chi connectivity index (χ0) is 13.8. The molecule has 1 amide bonds. The first-order valence-electron chi connectivity index (χ1n) is 6.87. The van der Waals surface area contributed by atoms with E-state index in [2.05, 4.69) is 15.2 Å². The molecule has 1 aromatic carbocycles. The Morgan fingerprint density at radius 2 is 1.82 bits per heavy atom. The summed E-state index contributed by atoms with van der Waals surface area (Å²) in [5.41, 5.74) is 1.81. The molecule has 0 bridgehead atoms. The van der Waals surface area contributed by atoms with Gasteiger partial charge in [0, 0.05) is 30.2 Å². The van der Waals surface area contributed by atoms with Crippen molar-refractivity contribution < 1.29 is 10.3 Å². The molecule has 1 saturated heterocycles. The van der Waals surface area contributed by atoms with Gasteiger partial charge in [-0.05, 0) is 37.1 Å². The highest BCUT2D eigenvalue weighted by Crippen LogP contribution is 2.23. The van der Waals surface area contributed by atoms with E-state index in [0.717, 1.165) is 25.1 Å². The molecule has 22 heavy (non-hydrogen) atoms. The largest absolute Gasteiger partial charge is 0.412 e. The second-order valence-electron chi connectivity index (χ2n) is 4.90. The third-order valence-electron chi connectivity index (χ3n) is 3.58. The molecule has 2 aromatic rings. The predicted molar refractivity (Wildman–Crippen MR) is 87.1 cm³/mol. The zero-order valence-electron chi connectivity index (χ0n) is 12.4. The highest BCUT2D eigenvalue weighted by Gasteiger charge is 2.26. The Bertz CT molecular complexity index is 577. The monoisotopic (exact) mass is 302 g/mol. The van der Waals surface area contributed by atoms with Crippen molar-refractivity contribution in [1.29, 1.82) is 0 Å². The molecule has 2 heterocycles. The van der Waals surface area contributed by atoms with E-state index in [0.29, 0.717) is 5.56 Å². The summed E-state index contributed by atoms with van der Waals surface area (Å²) in [6.07, 6.45) is 5.68. The molecule has 1 fully saturated rings. The van der Waals surface area contributed by atoms with Gasteiger partial charge >= 0.3 is 0 Å². The van der Waals surface area contributed by atoms with E-state index in [1.165, 1.54) is 0 Å². The Morgan fingerprint density at radius 3 is 2.50 bits per heavy atom. The summed E-state index contributed by atoms with van der Waals surface area (Å²) in [5, 5.41) is 3.11. The summed E-state index contributed by atoms with van der Waals surface area (Å²) < 4.78 is 0. The molecule has 0 spiro atoms. The zero-order valence-corrected chi connectivity index (χ0v) is 12.4. The average Bonchev–Trinajstić information content (AvgIpc) is 2.97. The van der Waals surface area contributed by atoms with Crippen LogP contribution < -0.4 is 16.4 Å². The topological polar surface area (TPSA) is 112 Å². The molecule has 6 nitrogen and oxygen atoms in total. The normalized spacial score (nSPS) is 16.4. The van der Waals surface area contributed by atoms with Gasteiger partial charge < -0.3 is 21.8 Å². The van der Waals surface area contributed by atoms with Crippen LogP contribution in [0.15, 0.2) is 54.9 Å². The van der Waals surface area contributed by atoms with E-state index in [1.54, 1.807) is 12.4 Å². The van der Waals surface area contributed by atoms with Gasteiger partial charge in [0.25, 0.3) is 5.91 Å². The molecule has 6 heteroatoms. The number of anilines is 1. The van der Waals surface area contributed by atoms with Crippen molar-refractivity contribution in [3.8, 4) is 0 Å². The van der Waals surface area contributed by atoms with E-state index in [4.69, 9.17) is 0 Å². The number of carbonyl (C=O) groups excluding carboxylic acids is 1. The molecule has 6 N–H and O–H groups in total. The SMILES string of the molecule is N.O.O=C(NC1CCCN1c1ccncc1)c1ccccc1. The summed E-state index contributed by atoms with van der Waals surface area (Å²) in [4.78, 5) is 18.5. The van der Waals surface area contributed by atoms with Crippen molar-refractivity contribution >= 4 is 11.6 Å². The lowest BCUT2D eigenvalue weighted by Crippen LogP contribution is -2.44. The third kappa shape index (κ3) is 3.81.